The maximum absolute atomic E-state index is 2.43. The lowest BCUT2D eigenvalue weighted by atomic mass is 9.98. The van der Waals surface area contributed by atoms with Crippen LogP contribution in [0, 0.1) is 0 Å². The molecule has 0 heterocycles. The summed E-state index contributed by atoms with van der Waals surface area (Å²) in [4.78, 5) is 4.72. The molecule has 0 saturated heterocycles. The van der Waals surface area contributed by atoms with Gasteiger partial charge in [0.2, 0.25) is 0 Å². The third kappa shape index (κ3) is 6.78. The molecule has 10 rings (SSSR count). The van der Waals surface area contributed by atoms with Gasteiger partial charge in [-0.05, 0) is 104 Å². The number of rotatable bonds is 9. The normalized spacial score (nSPS) is 11.4. The summed E-state index contributed by atoms with van der Waals surface area (Å²) in [7, 11) is 0. The van der Waals surface area contributed by atoms with Gasteiger partial charge in [-0.15, -0.1) is 0 Å². The molecule has 0 aliphatic heterocycles. The Morgan fingerprint density at radius 1 is 0.259 bits per heavy atom. The summed E-state index contributed by atoms with van der Waals surface area (Å²) < 4.78 is 0. The summed E-state index contributed by atoms with van der Waals surface area (Å²) in [5, 5.41) is 7.39. The van der Waals surface area contributed by atoms with Crippen molar-refractivity contribution in [3.8, 4) is 11.1 Å². The summed E-state index contributed by atoms with van der Waals surface area (Å²) in [6, 6.07) is 82.7. The minimum Gasteiger partial charge on any atom is -0.311 e. The molecule has 0 N–H and O–H groups in total. The summed E-state index contributed by atoms with van der Waals surface area (Å²) in [5.41, 5.74) is 11.5. The highest BCUT2D eigenvalue weighted by Gasteiger charge is 2.19. The Labute approximate surface area is 339 Å². The van der Waals surface area contributed by atoms with Crippen LogP contribution in [-0.2, 0) is 0 Å². The predicted octanol–water partition coefficient (Wildman–Crippen LogP) is 15.9. The smallest absolute Gasteiger partial charge is 0.0546 e. The second-order valence-corrected chi connectivity index (χ2v) is 14.6. The molecule has 0 spiro atoms. The van der Waals surface area contributed by atoms with Gasteiger partial charge in [0.05, 0.1) is 11.4 Å². The third-order valence-electron chi connectivity index (χ3n) is 11.0. The number of nitrogens with zero attached hydrogens (tertiary/aromatic N) is 2. The topological polar surface area (TPSA) is 6.48 Å². The molecule has 2 nitrogen and oxygen atoms in total. The van der Waals surface area contributed by atoms with Gasteiger partial charge in [-0.25, -0.2) is 0 Å². The highest BCUT2D eigenvalue weighted by atomic mass is 15.1. The monoisotopic (exact) mass is 740 g/mol. The molecule has 0 unspecified atom stereocenters. The van der Waals surface area contributed by atoms with E-state index < -0.39 is 0 Å². The molecular weight excluding hydrogens is 701 g/mol. The Morgan fingerprint density at radius 2 is 0.690 bits per heavy atom. The standard InChI is InChI=1S/C56H40N2/c1-3-17-47(18-4-1)57(48-19-5-2-6-20-48)49-36-30-42(31-37-49)27-26-41-28-32-43(33-29-41)44-34-38-50(39-35-44)58(55-25-13-16-45-14-7-10-22-52(45)55)56-40-46-15-8-9-21-51(46)53-23-11-12-24-54(53)56/h1-40H/b27-26+. The number of hydrogen-bond acceptors (Lipinski definition) is 2. The van der Waals surface area contributed by atoms with E-state index in [1.807, 2.05) is 0 Å². The number of anilines is 6. The van der Waals surface area contributed by atoms with Gasteiger partial charge in [-0.1, -0.05) is 182 Å². The highest BCUT2D eigenvalue weighted by Crippen LogP contribution is 2.44. The minimum atomic E-state index is 1.11. The molecular formula is C56H40N2. The van der Waals surface area contributed by atoms with E-state index in [0.29, 0.717) is 0 Å². The largest absolute Gasteiger partial charge is 0.311 e. The second-order valence-electron chi connectivity index (χ2n) is 14.6. The molecule has 0 radical (unpaired) electrons. The zero-order valence-corrected chi connectivity index (χ0v) is 32.0. The second kappa shape index (κ2) is 15.5. The predicted molar refractivity (Wildman–Crippen MR) is 249 cm³/mol. The molecule has 0 saturated carbocycles. The first-order valence-corrected chi connectivity index (χ1v) is 19.8. The van der Waals surface area contributed by atoms with Crippen LogP contribution in [0.2, 0.25) is 0 Å². The molecule has 274 valence electrons. The van der Waals surface area contributed by atoms with Crippen molar-refractivity contribution in [2.24, 2.45) is 0 Å². The van der Waals surface area contributed by atoms with Gasteiger partial charge in [-0.2, -0.15) is 0 Å². The fraction of sp³-hybridized carbons (Fsp3) is 0. The summed E-state index contributed by atoms with van der Waals surface area (Å²) in [5.74, 6) is 0. The van der Waals surface area contributed by atoms with Crippen LogP contribution in [0.15, 0.2) is 231 Å². The SMILES string of the molecule is C(=C\c1ccc(N(c2ccccc2)c2ccccc2)cc1)/c1ccc(-c2ccc(N(c3cccc4ccccc34)c3cc4ccccc4c4ccccc34)cc2)cc1. The summed E-state index contributed by atoms with van der Waals surface area (Å²) in [6.07, 6.45) is 4.37. The van der Waals surface area contributed by atoms with E-state index in [9.17, 15) is 0 Å². The molecule has 0 bridgehead atoms. The van der Waals surface area contributed by atoms with Gasteiger partial charge >= 0.3 is 0 Å². The van der Waals surface area contributed by atoms with Gasteiger partial charge in [-0.3, -0.25) is 0 Å². The average molecular weight is 741 g/mol. The van der Waals surface area contributed by atoms with Crippen molar-refractivity contribution < 1.29 is 0 Å². The van der Waals surface area contributed by atoms with Crippen LogP contribution in [0.25, 0.3) is 55.6 Å². The number of benzene rings is 10. The lowest BCUT2D eigenvalue weighted by molar-refractivity contribution is 1.28. The van der Waals surface area contributed by atoms with E-state index in [1.165, 1.54) is 43.4 Å². The minimum absolute atomic E-state index is 1.11. The van der Waals surface area contributed by atoms with Gasteiger partial charge in [0.1, 0.15) is 0 Å². The van der Waals surface area contributed by atoms with Crippen molar-refractivity contribution in [2.75, 3.05) is 9.80 Å². The number of fused-ring (bicyclic) bond motifs is 4. The first kappa shape index (κ1) is 34.8. The van der Waals surface area contributed by atoms with Crippen LogP contribution in [0.5, 0.6) is 0 Å². The fourth-order valence-electron chi connectivity index (χ4n) is 8.15. The first-order chi connectivity index (χ1) is 28.8. The van der Waals surface area contributed by atoms with E-state index >= 15 is 0 Å². The molecule has 10 aromatic rings. The van der Waals surface area contributed by atoms with E-state index in [4.69, 9.17) is 0 Å². The van der Waals surface area contributed by atoms with Crippen molar-refractivity contribution in [3.63, 3.8) is 0 Å². The van der Waals surface area contributed by atoms with E-state index in [2.05, 4.69) is 252 Å². The van der Waals surface area contributed by atoms with Gasteiger partial charge in [0.25, 0.3) is 0 Å². The van der Waals surface area contributed by atoms with E-state index in [1.54, 1.807) is 0 Å². The zero-order chi connectivity index (χ0) is 38.7. The van der Waals surface area contributed by atoms with Crippen LogP contribution in [0.3, 0.4) is 0 Å². The van der Waals surface area contributed by atoms with Crippen LogP contribution < -0.4 is 9.80 Å². The molecule has 10 aromatic carbocycles. The van der Waals surface area contributed by atoms with Crippen molar-refractivity contribution in [2.45, 2.75) is 0 Å². The molecule has 0 amide bonds. The lowest BCUT2D eigenvalue weighted by Gasteiger charge is -2.29. The third-order valence-corrected chi connectivity index (χ3v) is 11.0. The Hall–Kier alpha value is -7.68. The Balaban J connectivity index is 0.938. The summed E-state index contributed by atoms with van der Waals surface area (Å²) in [6.45, 7) is 0. The van der Waals surface area contributed by atoms with Crippen LogP contribution in [0.4, 0.5) is 34.1 Å². The Bertz CT molecular complexity index is 2980. The Kier molecular flexibility index (Phi) is 9.27. The van der Waals surface area contributed by atoms with Crippen molar-refractivity contribution in [1.29, 1.82) is 0 Å². The molecule has 58 heavy (non-hydrogen) atoms. The molecule has 0 aliphatic rings. The number of hydrogen-bond donors (Lipinski definition) is 0. The van der Waals surface area contributed by atoms with Gasteiger partial charge in [0, 0.05) is 33.5 Å². The molecule has 0 aliphatic carbocycles. The van der Waals surface area contributed by atoms with E-state index in [0.717, 1.165) is 45.3 Å². The zero-order valence-electron chi connectivity index (χ0n) is 32.0. The Morgan fingerprint density at radius 3 is 1.33 bits per heavy atom. The molecule has 0 fully saturated rings. The van der Waals surface area contributed by atoms with Crippen LogP contribution in [-0.4, -0.2) is 0 Å². The van der Waals surface area contributed by atoms with Gasteiger partial charge in [0.15, 0.2) is 0 Å². The summed E-state index contributed by atoms with van der Waals surface area (Å²) >= 11 is 0. The lowest BCUT2D eigenvalue weighted by Crippen LogP contribution is -2.11. The van der Waals surface area contributed by atoms with Crippen molar-refractivity contribution in [3.05, 3.63) is 242 Å². The molecule has 0 atom stereocenters. The quantitative estimate of drug-likeness (QED) is 0.107. The fourth-order valence-corrected chi connectivity index (χ4v) is 8.15. The molecule has 0 aromatic heterocycles. The first-order valence-electron chi connectivity index (χ1n) is 19.8. The molecule has 2 heteroatoms. The van der Waals surface area contributed by atoms with Crippen LogP contribution >= 0.6 is 0 Å². The maximum Gasteiger partial charge on any atom is 0.0546 e. The average Bonchev–Trinajstić information content (AvgIpc) is 3.30. The van der Waals surface area contributed by atoms with Crippen LogP contribution in [0.1, 0.15) is 11.1 Å². The van der Waals surface area contributed by atoms with Crippen molar-refractivity contribution in [1.82, 2.24) is 0 Å². The highest BCUT2D eigenvalue weighted by molar-refractivity contribution is 6.15. The maximum atomic E-state index is 2.43. The number of para-hydroxylation sites is 2. The van der Waals surface area contributed by atoms with Crippen molar-refractivity contribution >= 4 is 78.6 Å². The van der Waals surface area contributed by atoms with Gasteiger partial charge < -0.3 is 9.80 Å². The van der Waals surface area contributed by atoms with E-state index in [-0.39, 0.29) is 0 Å².